The average molecular weight is 334 g/mol. The van der Waals surface area contributed by atoms with E-state index in [0.717, 1.165) is 5.56 Å². The number of nitro groups is 1. The number of hydrogen-bond donors (Lipinski definition) is 0. The Morgan fingerprint density at radius 1 is 1.09 bits per heavy atom. The molecule has 0 aromatic heterocycles. The molecule has 1 unspecified atom stereocenters. The summed E-state index contributed by atoms with van der Waals surface area (Å²) < 4.78 is 24.5. The van der Waals surface area contributed by atoms with Crippen LogP contribution in [0.1, 0.15) is 5.56 Å². The highest BCUT2D eigenvalue weighted by Gasteiger charge is 2.36. The molecule has 0 aliphatic rings. The zero-order valence-electron chi connectivity index (χ0n) is 12.0. The first-order valence-electron chi connectivity index (χ1n) is 6.63. The lowest BCUT2D eigenvalue weighted by Gasteiger charge is -2.06. The van der Waals surface area contributed by atoms with Gasteiger partial charge in [-0.05, 0) is 17.7 Å². The van der Waals surface area contributed by atoms with Crippen molar-refractivity contribution in [1.82, 2.24) is 0 Å². The van der Waals surface area contributed by atoms with Crippen LogP contribution >= 0.6 is 0 Å². The quantitative estimate of drug-likeness (QED) is 0.439. The summed E-state index contributed by atoms with van der Waals surface area (Å²) in [6.07, 6.45) is 0.686. The molecular formula is C15H14N2O5S. The van der Waals surface area contributed by atoms with Gasteiger partial charge in [0, 0.05) is 4.92 Å². The molecule has 0 heterocycles. The summed E-state index contributed by atoms with van der Waals surface area (Å²) in [5.41, 5.74) is 0.813. The number of rotatable bonds is 7. The molecule has 2 aromatic carbocycles. The van der Waals surface area contributed by atoms with Crippen LogP contribution < -0.4 is 0 Å². The van der Waals surface area contributed by atoms with Gasteiger partial charge in [-0.15, -0.1) is 0 Å². The topological polar surface area (TPSA) is 98.9 Å². The van der Waals surface area contributed by atoms with E-state index < -0.39 is 20.1 Å². The van der Waals surface area contributed by atoms with Gasteiger partial charge in [0.05, 0.1) is 4.90 Å². The molecule has 2 rings (SSSR count). The zero-order chi connectivity index (χ0) is 16.7. The van der Waals surface area contributed by atoms with Crippen LogP contribution in [0, 0.1) is 10.1 Å². The highest BCUT2D eigenvalue weighted by molar-refractivity contribution is 7.92. The molecule has 0 spiro atoms. The largest absolute Gasteiger partial charge is 0.391 e. The first-order valence-corrected chi connectivity index (χ1v) is 8.18. The minimum atomic E-state index is -4.17. The van der Waals surface area contributed by atoms with Gasteiger partial charge in [-0.25, -0.2) is 8.42 Å². The Labute approximate surface area is 133 Å². The summed E-state index contributed by atoms with van der Waals surface area (Å²) in [6, 6.07) is 16.2. The smallest absolute Gasteiger partial charge is 0.352 e. The van der Waals surface area contributed by atoms with E-state index in [9.17, 15) is 18.5 Å². The van der Waals surface area contributed by atoms with Crippen LogP contribution in [0.5, 0.6) is 0 Å². The van der Waals surface area contributed by atoms with Crippen molar-refractivity contribution in [3.8, 4) is 0 Å². The van der Waals surface area contributed by atoms with E-state index in [1.54, 1.807) is 18.2 Å². The molecule has 0 saturated carbocycles. The molecule has 0 radical (unpaired) electrons. The molecular weight excluding hydrogens is 320 g/mol. The summed E-state index contributed by atoms with van der Waals surface area (Å²) in [5.74, 6) is 0. The summed E-state index contributed by atoms with van der Waals surface area (Å²) in [7, 11) is -4.17. The van der Waals surface area contributed by atoms with Crippen LogP contribution in [0.3, 0.4) is 0 Å². The minimum absolute atomic E-state index is 0.0904. The van der Waals surface area contributed by atoms with Crippen LogP contribution in [-0.2, 0) is 21.3 Å². The molecule has 8 heteroatoms. The maximum Gasteiger partial charge on any atom is 0.352 e. The van der Waals surface area contributed by atoms with Crippen LogP contribution in [-0.4, -0.2) is 24.9 Å². The van der Waals surface area contributed by atoms with Crippen molar-refractivity contribution in [3.05, 3.63) is 76.3 Å². The predicted octanol–water partition coefficient (Wildman–Crippen LogP) is 2.27. The third-order valence-electron chi connectivity index (χ3n) is 2.93. The van der Waals surface area contributed by atoms with E-state index in [2.05, 4.69) is 5.16 Å². The fourth-order valence-electron chi connectivity index (χ4n) is 1.78. The second-order valence-electron chi connectivity index (χ2n) is 4.55. The Morgan fingerprint density at radius 3 is 2.22 bits per heavy atom. The first kappa shape index (κ1) is 16.6. The monoisotopic (exact) mass is 334 g/mol. The van der Waals surface area contributed by atoms with Gasteiger partial charge >= 0.3 is 5.37 Å². The van der Waals surface area contributed by atoms with Crippen LogP contribution in [0.4, 0.5) is 0 Å². The van der Waals surface area contributed by atoms with Crippen LogP contribution in [0.15, 0.2) is 70.7 Å². The van der Waals surface area contributed by atoms with Crippen LogP contribution in [0.25, 0.3) is 0 Å². The van der Waals surface area contributed by atoms with Crippen molar-refractivity contribution in [2.75, 3.05) is 0 Å². The standard InChI is InChI=1S/C15H14N2O5S/c18-17(19)15(23(20,21)14-9-5-2-6-10-14)11-16-22-12-13-7-3-1-4-8-13/h1-11,15H,12H2. The highest BCUT2D eigenvalue weighted by Crippen LogP contribution is 2.15. The summed E-state index contributed by atoms with van der Waals surface area (Å²) >= 11 is 0. The normalized spacial score (nSPS) is 12.9. The average Bonchev–Trinajstić information content (AvgIpc) is 2.56. The molecule has 1 atom stereocenters. The van der Waals surface area contributed by atoms with E-state index in [-0.39, 0.29) is 11.5 Å². The van der Waals surface area contributed by atoms with Gasteiger partial charge in [0.15, 0.2) is 0 Å². The molecule has 2 aromatic rings. The number of sulfone groups is 1. The van der Waals surface area contributed by atoms with Crippen molar-refractivity contribution in [2.45, 2.75) is 16.9 Å². The lowest BCUT2D eigenvalue weighted by Crippen LogP contribution is -2.31. The first-order chi connectivity index (χ1) is 11.0. The molecule has 0 fully saturated rings. The van der Waals surface area contributed by atoms with Crippen molar-refractivity contribution in [3.63, 3.8) is 0 Å². The third kappa shape index (κ3) is 4.36. The fraction of sp³-hybridized carbons (Fsp3) is 0.133. The van der Waals surface area contributed by atoms with Gasteiger partial charge in [-0.3, -0.25) is 10.1 Å². The third-order valence-corrected chi connectivity index (χ3v) is 4.79. The summed E-state index contributed by atoms with van der Waals surface area (Å²) in [6.45, 7) is 0.0904. The van der Waals surface area contributed by atoms with Crippen molar-refractivity contribution >= 4 is 16.1 Å². The molecule has 0 aliphatic heterocycles. The number of nitrogens with zero attached hydrogens (tertiary/aromatic N) is 2. The lowest BCUT2D eigenvalue weighted by atomic mass is 10.2. The maximum absolute atomic E-state index is 12.2. The van der Waals surface area contributed by atoms with Crippen molar-refractivity contribution in [2.24, 2.45) is 5.16 Å². The van der Waals surface area contributed by atoms with Gasteiger partial charge in [0.2, 0.25) is 0 Å². The molecule has 0 aliphatic carbocycles. The molecule has 0 amide bonds. The van der Waals surface area contributed by atoms with E-state index in [4.69, 9.17) is 4.84 Å². The second-order valence-corrected chi connectivity index (χ2v) is 6.59. The Hall–Kier alpha value is -2.74. The lowest BCUT2D eigenvalue weighted by molar-refractivity contribution is -0.478. The van der Waals surface area contributed by atoms with Gasteiger partial charge < -0.3 is 4.84 Å². The summed E-state index contributed by atoms with van der Waals surface area (Å²) in [4.78, 5) is 14.9. The van der Waals surface area contributed by atoms with E-state index in [1.165, 1.54) is 24.3 Å². The zero-order valence-corrected chi connectivity index (χ0v) is 12.8. The maximum atomic E-state index is 12.2. The van der Waals surface area contributed by atoms with Gasteiger partial charge in [-0.2, -0.15) is 0 Å². The van der Waals surface area contributed by atoms with Gasteiger partial charge in [0.25, 0.3) is 9.84 Å². The minimum Gasteiger partial charge on any atom is -0.391 e. The predicted molar refractivity (Wildman–Crippen MR) is 84.1 cm³/mol. The molecule has 0 bridgehead atoms. The van der Waals surface area contributed by atoms with Crippen molar-refractivity contribution < 1.29 is 18.2 Å². The van der Waals surface area contributed by atoms with Gasteiger partial charge in [0.1, 0.15) is 12.8 Å². The van der Waals surface area contributed by atoms with Gasteiger partial charge in [-0.1, -0.05) is 53.7 Å². The van der Waals surface area contributed by atoms with Crippen molar-refractivity contribution in [1.29, 1.82) is 0 Å². The Morgan fingerprint density at radius 2 is 1.65 bits per heavy atom. The van der Waals surface area contributed by atoms with E-state index in [1.807, 2.05) is 18.2 Å². The molecule has 120 valence electrons. The molecule has 23 heavy (non-hydrogen) atoms. The number of hydrogen-bond acceptors (Lipinski definition) is 6. The molecule has 0 N–H and O–H groups in total. The fourth-order valence-corrected chi connectivity index (χ4v) is 3.03. The second kappa shape index (κ2) is 7.50. The molecule has 0 saturated heterocycles. The summed E-state index contributed by atoms with van der Waals surface area (Å²) in [5, 5.41) is 12.5. The SMILES string of the molecule is O=[N+]([O-])C(C=NOCc1ccccc1)S(=O)(=O)c1ccccc1. The van der Waals surface area contributed by atoms with E-state index in [0.29, 0.717) is 6.21 Å². The van der Waals surface area contributed by atoms with E-state index >= 15 is 0 Å². The Bertz CT molecular complexity index is 776. The van der Waals surface area contributed by atoms with Crippen LogP contribution in [0.2, 0.25) is 0 Å². The highest BCUT2D eigenvalue weighted by atomic mass is 32.2. The number of benzene rings is 2. The number of oxime groups is 1. The Balaban J connectivity index is 2.10. The Kier molecular flexibility index (Phi) is 5.42. The molecule has 7 nitrogen and oxygen atoms in total.